The first-order valence-electron chi connectivity index (χ1n) is 10.2. The molecule has 0 aliphatic carbocycles. The highest BCUT2D eigenvalue weighted by atomic mass is 32.2. The van der Waals surface area contributed by atoms with Crippen LogP contribution in [-0.2, 0) is 16.1 Å². The number of phenolic OH excluding ortho intramolecular Hbond substituents is 1. The number of para-hydroxylation sites is 1. The van der Waals surface area contributed by atoms with Gasteiger partial charge in [-0.1, -0.05) is 35.9 Å². The average molecular weight is 415 g/mol. The van der Waals surface area contributed by atoms with E-state index >= 15 is 0 Å². The molecule has 1 atom stereocenters. The molecule has 156 valence electrons. The molecule has 1 amide bonds. The molecule has 0 spiro atoms. The van der Waals surface area contributed by atoms with Crippen molar-refractivity contribution in [3.8, 4) is 5.75 Å². The minimum atomic E-state index is 0.00271. The first-order valence-corrected chi connectivity index (χ1v) is 11.2. The molecule has 0 radical (unpaired) electrons. The number of rotatable bonds is 10. The molecule has 1 unspecified atom stereocenters. The molecule has 2 aromatic rings. The van der Waals surface area contributed by atoms with Crippen LogP contribution in [0.1, 0.15) is 24.0 Å². The molecule has 6 heteroatoms. The van der Waals surface area contributed by atoms with Crippen LogP contribution in [0.15, 0.2) is 53.4 Å². The lowest BCUT2D eigenvalue weighted by Gasteiger charge is -2.25. The van der Waals surface area contributed by atoms with Crippen molar-refractivity contribution in [2.75, 3.05) is 32.0 Å². The second-order valence-electron chi connectivity index (χ2n) is 7.44. The monoisotopic (exact) mass is 414 g/mol. The van der Waals surface area contributed by atoms with Gasteiger partial charge in [0.05, 0.1) is 12.6 Å². The Morgan fingerprint density at radius 3 is 2.76 bits per heavy atom. The predicted molar refractivity (Wildman–Crippen MR) is 117 cm³/mol. The fraction of sp³-hybridized carbons (Fsp3) is 0.435. The van der Waals surface area contributed by atoms with Gasteiger partial charge < -0.3 is 15.2 Å². The van der Waals surface area contributed by atoms with Gasteiger partial charge in [0, 0.05) is 42.5 Å². The molecule has 1 saturated heterocycles. The highest BCUT2D eigenvalue weighted by Gasteiger charge is 2.21. The van der Waals surface area contributed by atoms with Crippen molar-refractivity contribution in [2.45, 2.75) is 37.3 Å². The molecule has 0 saturated carbocycles. The van der Waals surface area contributed by atoms with Gasteiger partial charge in [-0.2, -0.15) is 0 Å². The first kappa shape index (κ1) is 21.7. The van der Waals surface area contributed by atoms with E-state index in [0.29, 0.717) is 26.2 Å². The molecule has 1 fully saturated rings. The van der Waals surface area contributed by atoms with E-state index in [0.717, 1.165) is 30.8 Å². The number of nitrogens with zero attached hydrogens (tertiary/aromatic N) is 1. The molecule has 0 aromatic heterocycles. The molecule has 29 heavy (non-hydrogen) atoms. The van der Waals surface area contributed by atoms with Crippen LogP contribution in [0.4, 0.5) is 0 Å². The van der Waals surface area contributed by atoms with Gasteiger partial charge in [0.2, 0.25) is 5.91 Å². The summed E-state index contributed by atoms with van der Waals surface area (Å²) in [7, 11) is 0. The molecular formula is C23H30N2O3S. The third kappa shape index (κ3) is 7.38. The van der Waals surface area contributed by atoms with Crippen LogP contribution in [0.3, 0.4) is 0 Å². The number of hydrogen-bond acceptors (Lipinski definition) is 5. The number of nitrogens with one attached hydrogen (secondary N) is 1. The third-order valence-electron chi connectivity index (χ3n) is 4.95. The van der Waals surface area contributed by atoms with Gasteiger partial charge in [-0.05, 0) is 38.0 Å². The van der Waals surface area contributed by atoms with Crippen molar-refractivity contribution in [3.05, 3.63) is 59.7 Å². The van der Waals surface area contributed by atoms with E-state index in [1.165, 1.54) is 10.5 Å². The Morgan fingerprint density at radius 2 is 2.03 bits per heavy atom. The van der Waals surface area contributed by atoms with E-state index < -0.39 is 0 Å². The van der Waals surface area contributed by atoms with Crippen molar-refractivity contribution >= 4 is 17.7 Å². The number of ether oxygens (including phenoxy) is 1. The Hall–Kier alpha value is -2.02. The van der Waals surface area contributed by atoms with Crippen LogP contribution in [0.2, 0.25) is 0 Å². The number of thioether (sulfide) groups is 1. The lowest BCUT2D eigenvalue weighted by atomic mass is 10.1. The number of benzene rings is 2. The summed E-state index contributed by atoms with van der Waals surface area (Å²) >= 11 is 1.74. The summed E-state index contributed by atoms with van der Waals surface area (Å²) in [4.78, 5) is 15.8. The van der Waals surface area contributed by atoms with Crippen LogP contribution >= 0.6 is 11.8 Å². The maximum Gasteiger partial charge on any atom is 0.234 e. The summed E-state index contributed by atoms with van der Waals surface area (Å²) < 4.78 is 5.75. The highest BCUT2D eigenvalue weighted by Crippen LogP contribution is 2.20. The van der Waals surface area contributed by atoms with E-state index in [9.17, 15) is 9.90 Å². The molecule has 2 aromatic carbocycles. The number of hydrogen-bond donors (Lipinski definition) is 2. The number of amides is 1. The number of aromatic hydroxyl groups is 1. The van der Waals surface area contributed by atoms with Crippen LogP contribution in [0.5, 0.6) is 5.75 Å². The topological polar surface area (TPSA) is 61.8 Å². The second kappa shape index (κ2) is 11.2. The Balaban J connectivity index is 1.47. The van der Waals surface area contributed by atoms with Gasteiger partial charge in [0.25, 0.3) is 0 Å². The van der Waals surface area contributed by atoms with Crippen LogP contribution in [0, 0.1) is 6.92 Å². The Labute approximate surface area is 177 Å². The zero-order chi connectivity index (χ0) is 20.5. The van der Waals surface area contributed by atoms with Crippen molar-refractivity contribution < 1.29 is 14.6 Å². The zero-order valence-electron chi connectivity index (χ0n) is 17.0. The van der Waals surface area contributed by atoms with E-state index in [4.69, 9.17) is 4.74 Å². The summed E-state index contributed by atoms with van der Waals surface area (Å²) in [5.74, 6) is 1.10. The Bertz CT molecular complexity index is 776. The first-order chi connectivity index (χ1) is 14.1. The molecular weight excluding hydrogens is 384 g/mol. The highest BCUT2D eigenvalue weighted by molar-refractivity contribution is 7.99. The van der Waals surface area contributed by atoms with Gasteiger partial charge in [0.15, 0.2) is 0 Å². The van der Waals surface area contributed by atoms with Gasteiger partial charge in [-0.15, -0.1) is 11.8 Å². The van der Waals surface area contributed by atoms with E-state index in [1.807, 2.05) is 18.2 Å². The SMILES string of the molecule is Cc1ccc(SCCNC(=O)CN(Cc2ccccc2O)CC2CCCO2)cc1. The second-order valence-corrected chi connectivity index (χ2v) is 8.61. The number of carbonyl (C=O) groups excluding carboxylic acids is 1. The molecule has 2 N–H and O–H groups in total. The maximum absolute atomic E-state index is 12.5. The van der Waals surface area contributed by atoms with Crippen LogP contribution < -0.4 is 5.32 Å². The largest absolute Gasteiger partial charge is 0.508 e. The van der Waals surface area contributed by atoms with E-state index in [2.05, 4.69) is 41.4 Å². The van der Waals surface area contributed by atoms with Crippen molar-refractivity contribution in [1.82, 2.24) is 10.2 Å². The third-order valence-corrected chi connectivity index (χ3v) is 5.97. The quantitative estimate of drug-likeness (QED) is 0.460. The lowest BCUT2D eigenvalue weighted by Crippen LogP contribution is -2.41. The summed E-state index contributed by atoms with van der Waals surface area (Å²) in [6, 6.07) is 15.7. The Morgan fingerprint density at radius 1 is 1.24 bits per heavy atom. The smallest absolute Gasteiger partial charge is 0.234 e. The summed E-state index contributed by atoms with van der Waals surface area (Å²) in [6.45, 7) is 5.01. The van der Waals surface area contributed by atoms with Crippen LogP contribution in [-0.4, -0.2) is 54.0 Å². The van der Waals surface area contributed by atoms with Gasteiger partial charge >= 0.3 is 0 Å². The van der Waals surface area contributed by atoms with Crippen LogP contribution in [0.25, 0.3) is 0 Å². The van der Waals surface area contributed by atoms with Crippen molar-refractivity contribution in [2.24, 2.45) is 0 Å². The van der Waals surface area contributed by atoms with Gasteiger partial charge in [-0.3, -0.25) is 9.69 Å². The van der Waals surface area contributed by atoms with Gasteiger partial charge in [-0.25, -0.2) is 0 Å². The fourth-order valence-corrected chi connectivity index (χ4v) is 4.17. The maximum atomic E-state index is 12.5. The standard InChI is InChI=1S/C23H30N2O3S/c1-18-8-10-21(11-9-18)29-14-12-24-23(27)17-25(16-20-6-4-13-28-20)15-19-5-2-3-7-22(19)26/h2-3,5,7-11,20,26H,4,6,12-17H2,1H3,(H,24,27). The zero-order valence-corrected chi connectivity index (χ0v) is 17.8. The molecule has 1 aliphatic rings. The summed E-state index contributed by atoms with van der Waals surface area (Å²) in [5, 5.41) is 13.1. The number of phenols is 1. The molecule has 3 rings (SSSR count). The minimum Gasteiger partial charge on any atom is -0.508 e. The molecule has 1 aliphatic heterocycles. The minimum absolute atomic E-state index is 0.00271. The van der Waals surface area contributed by atoms with Gasteiger partial charge in [0.1, 0.15) is 5.75 Å². The lowest BCUT2D eigenvalue weighted by molar-refractivity contribution is -0.122. The summed E-state index contributed by atoms with van der Waals surface area (Å²) in [6.07, 6.45) is 2.25. The number of carbonyl (C=O) groups is 1. The van der Waals surface area contributed by atoms with E-state index in [1.54, 1.807) is 17.8 Å². The van der Waals surface area contributed by atoms with Crippen molar-refractivity contribution in [1.29, 1.82) is 0 Å². The summed E-state index contributed by atoms with van der Waals surface area (Å²) in [5.41, 5.74) is 2.08. The van der Waals surface area contributed by atoms with E-state index in [-0.39, 0.29) is 17.8 Å². The normalized spacial score (nSPS) is 16.3. The Kier molecular flexibility index (Phi) is 8.40. The van der Waals surface area contributed by atoms with Crippen molar-refractivity contribution in [3.63, 3.8) is 0 Å². The fourth-order valence-electron chi connectivity index (χ4n) is 3.40. The average Bonchev–Trinajstić information content (AvgIpc) is 3.21. The predicted octanol–water partition coefficient (Wildman–Crippen LogP) is 3.59. The molecule has 1 heterocycles. The molecule has 0 bridgehead atoms. The molecule has 5 nitrogen and oxygen atoms in total. The number of aryl methyl sites for hydroxylation is 1.